The van der Waals surface area contributed by atoms with Gasteiger partial charge in [0.05, 0.1) is 6.10 Å². The molecular weight excluding hydrogens is 250 g/mol. The summed E-state index contributed by atoms with van der Waals surface area (Å²) in [6.45, 7) is 1.43. The summed E-state index contributed by atoms with van der Waals surface area (Å²) >= 11 is 6.03. The van der Waals surface area contributed by atoms with Gasteiger partial charge in [0.1, 0.15) is 5.75 Å². The zero-order valence-corrected chi connectivity index (χ0v) is 11.2. The standard InChI is InChI=1S/C14H20ClNO2/c15-13-5-2-6-14(18)12(13)9-16-8-10-3-1-4-11(17)7-10/h2,5-6,10-11,16-18H,1,3-4,7-9H2. The topological polar surface area (TPSA) is 52.5 Å². The summed E-state index contributed by atoms with van der Waals surface area (Å²) in [5.74, 6) is 0.761. The Hall–Kier alpha value is -0.770. The van der Waals surface area contributed by atoms with Crippen LogP contribution in [-0.4, -0.2) is 22.9 Å². The van der Waals surface area contributed by atoms with Crippen LogP contribution in [0.15, 0.2) is 18.2 Å². The molecule has 0 amide bonds. The number of aliphatic hydroxyl groups excluding tert-OH is 1. The molecule has 100 valence electrons. The molecular formula is C14H20ClNO2. The number of rotatable bonds is 4. The lowest BCUT2D eigenvalue weighted by Crippen LogP contribution is -2.29. The van der Waals surface area contributed by atoms with Gasteiger partial charge in [0.15, 0.2) is 0 Å². The first-order chi connectivity index (χ1) is 8.66. The molecule has 2 rings (SSSR count). The van der Waals surface area contributed by atoms with Crippen molar-refractivity contribution in [1.29, 1.82) is 0 Å². The van der Waals surface area contributed by atoms with Gasteiger partial charge in [0.2, 0.25) is 0 Å². The van der Waals surface area contributed by atoms with Crippen LogP contribution in [-0.2, 0) is 6.54 Å². The Balaban J connectivity index is 1.81. The van der Waals surface area contributed by atoms with E-state index < -0.39 is 0 Å². The zero-order chi connectivity index (χ0) is 13.0. The van der Waals surface area contributed by atoms with Crippen molar-refractivity contribution >= 4 is 11.6 Å². The van der Waals surface area contributed by atoms with Crippen LogP contribution in [0.4, 0.5) is 0 Å². The van der Waals surface area contributed by atoms with Gasteiger partial charge in [0, 0.05) is 17.1 Å². The van der Waals surface area contributed by atoms with E-state index in [1.165, 1.54) is 6.42 Å². The Labute approximate surface area is 113 Å². The Morgan fingerprint density at radius 2 is 2.17 bits per heavy atom. The van der Waals surface area contributed by atoms with Gasteiger partial charge in [0.25, 0.3) is 0 Å². The number of nitrogens with one attached hydrogen (secondary N) is 1. The van der Waals surface area contributed by atoms with Gasteiger partial charge in [-0.3, -0.25) is 0 Å². The maximum atomic E-state index is 9.71. The van der Waals surface area contributed by atoms with E-state index in [4.69, 9.17) is 11.6 Å². The first kappa shape index (κ1) is 13.7. The van der Waals surface area contributed by atoms with Crippen LogP contribution in [0.2, 0.25) is 5.02 Å². The fraction of sp³-hybridized carbons (Fsp3) is 0.571. The number of aliphatic hydroxyl groups is 1. The maximum Gasteiger partial charge on any atom is 0.121 e. The quantitative estimate of drug-likeness (QED) is 0.788. The third-order valence-corrected chi connectivity index (χ3v) is 3.94. The Kier molecular flexibility index (Phi) is 4.87. The molecule has 0 bridgehead atoms. The highest BCUT2D eigenvalue weighted by atomic mass is 35.5. The van der Waals surface area contributed by atoms with Gasteiger partial charge >= 0.3 is 0 Å². The molecule has 3 N–H and O–H groups in total. The second-order valence-corrected chi connectivity index (χ2v) is 5.46. The molecule has 2 unspecified atom stereocenters. The Morgan fingerprint density at radius 1 is 1.33 bits per heavy atom. The fourth-order valence-corrected chi connectivity index (χ4v) is 2.81. The van der Waals surface area contributed by atoms with Crippen molar-refractivity contribution in [2.45, 2.75) is 38.3 Å². The lowest BCUT2D eigenvalue weighted by Gasteiger charge is -2.26. The van der Waals surface area contributed by atoms with Gasteiger partial charge in [-0.1, -0.05) is 24.1 Å². The predicted molar refractivity (Wildman–Crippen MR) is 72.8 cm³/mol. The molecule has 1 aliphatic rings. The smallest absolute Gasteiger partial charge is 0.121 e. The summed E-state index contributed by atoms with van der Waals surface area (Å²) in [6.07, 6.45) is 3.94. The number of hydrogen-bond acceptors (Lipinski definition) is 3. The number of halogens is 1. The van der Waals surface area contributed by atoms with Crippen LogP contribution in [0.1, 0.15) is 31.2 Å². The van der Waals surface area contributed by atoms with Crippen LogP contribution < -0.4 is 5.32 Å². The fourth-order valence-electron chi connectivity index (χ4n) is 2.57. The molecule has 1 fully saturated rings. The normalized spacial score (nSPS) is 24.1. The lowest BCUT2D eigenvalue weighted by atomic mass is 9.87. The van der Waals surface area contributed by atoms with Crippen molar-refractivity contribution in [1.82, 2.24) is 5.32 Å². The Morgan fingerprint density at radius 3 is 2.89 bits per heavy atom. The van der Waals surface area contributed by atoms with Crippen molar-refractivity contribution in [3.8, 4) is 5.75 Å². The second kappa shape index (κ2) is 6.41. The molecule has 0 saturated heterocycles. The van der Waals surface area contributed by atoms with Gasteiger partial charge in [-0.05, 0) is 43.9 Å². The molecule has 0 aliphatic heterocycles. The molecule has 2 atom stereocenters. The molecule has 18 heavy (non-hydrogen) atoms. The predicted octanol–water partition coefficient (Wildman–Crippen LogP) is 2.69. The largest absolute Gasteiger partial charge is 0.508 e. The van der Waals surface area contributed by atoms with Gasteiger partial charge < -0.3 is 15.5 Å². The van der Waals surface area contributed by atoms with E-state index in [-0.39, 0.29) is 11.9 Å². The average molecular weight is 270 g/mol. The number of aromatic hydroxyl groups is 1. The van der Waals surface area contributed by atoms with Gasteiger partial charge in [-0.15, -0.1) is 0 Å². The molecule has 3 nitrogen and oxygen atoms in total. The highest BCUT2D eigenvalue weighted by Crippen LogP contribution is 2.26. The summed E-state index contributed by atoms with van der Waals surface area (Å²) in [7, 11) is 0. The molecule has 0 radical (unpaired) electrons. The van der Waals surface area contributed by atoms with Crippen molar-refractivity contribution in [2.24, 2.45) is 5.92 Å². The van der Waals surface area contributed by atoms with E-state index in [1.54, 1.807) is 18.2 Å². The molecule has 1 saturated carbocycles. The molecule has 1 aliphatic carbocycles. The van der Waals surface area contributed by atoms with Crippen LogP contribution in [0.5, 0.6) is 5.75 Å². The van der Waals surface area contributed by atoms with Crippen LogP contribution >= 0.6 is 11.6 Å². The van der Waals surface area contributed by atoms with Crippen molar-refractivity contribution in [2.75, 3.05) is 6.54 Å². The molecule has 0 spiro atoms. The lowest BCUT2D eigenvalue weighted by molar-refractivity contribution is 0.101. The van der Waals surface area contributed by atoms with E-state index in [0.717, 1.165) is 31.4 Å². The van der Waals surface area contributed by atoms with Crippen molar-refractivity contribution < 1.29 is 10.2 Å². The first-order valence-electron chi connectivity index (χ1n) is 6.52. The van der Waals surface area contributed by atoms with Crippen LogP contribution in [0.3, 0.4) is 0 Å². The molecule has 0 heterocycles. The monoisotopic (exact) mass is 269 g/mol. The van der Waals surface area contributed by atoms with Crippen LogP contribution in [0.25, 0.3) is 0 Å². The average Bonchev–Trinajstić information content (AvgIpc) is 2.33. The second-order valence-electron chi connectivity index (χ2n) is 5.05. The van der Waals surface area contributed by atoms with Gasteiger partial charge in [-0.25, -0.2) is 0 Å². The van der Waals surface area contributed by atoms with E-state index >= 15 is 0 Å². The molecule has 4 heteroatoms. The highest BCUT2D eigenvalue weighted by Gasteiger charge is 2.19. The van der Waals surface area contributed by atoms with E-state index in [9.17, 15) is 10.2 Å². The summed E-state index contributed by atoms with van der Waals surface area (Å²) in [5, 5.41) is 23.2. The summed E-state index contributed by atoms with van der Waals surface area (Å²) in [6, 6.07) is 5.16. The maximum absolute atomic E-state index is 9.71. The minimum atomic E-state index is -0.140. The summed E-state index contributed by atoms with van der Waals surface area (Å²) in [4.78, 5) is 0. The minimum absolute atomic E-state index is 0.140. The number of phenolic OH excluding ortho intramolecular Hbond substituents is 1. The highest BCUT2D eigenvalue weighted by molar-refractivity contribution is 6.31. The minimum Gasteiger partial charge on any atom is -0.508 e. The van der Waals surface area contributed by atoms with E-state index in [2.05, 4.69) is 5.32 Å². The third-order valence-electron chi connectivity index (χ3n) is 3.58. The Bertz CT molecular complexity index is 377. The summed E-state index contributed by atoms with van der Waals surface area (Å²) in [5.41, 5.74) is 0.746. The number of benzene rings is 1. The van der Waals surface area contributed by atoms with Crippen LogP contribution in [0, 0.1) is 5.92 Å². The van der Waals surface area contributed by atoms with E-state index in [1.807, 2.05) is 0 Å². The van der Waals surface area contributed by atoms with Gasteiger partial charge in [-0.2, -0.15) is 0 Å². The molecule has 0 aromatic heterocycles. The SMILES string of the molecule is Oc1cccc(Cl)c1CNCC1CCCC(O)C1. The van der Waals surface area contributed by atoms with Crippen molar-refractivity contribution in [3.63, 3.8) is 0 Å². The molecule has 1 aromatic rings. The number of hydrogen-bond donors (Lipinski definition) is 3. The summed E-state index contributed by atoms with van der Waals surface area (Å²) < 4.78 is 0. The first-order valence-corrected chi connectivity index (χ1v) is 6.89. The number of phenols is 1. The van der Waals surface area contributed by atoms with Crippen molar-refractivity contribution in [3.05, 3.63) is 28.8 Å². The van der Waals surface area contributed by atoms with E-state index in [0.29, 0.717) is 17.5 Å². The molecule has 1 aromatic carbocycles. The zero-order valence-electron chi connectivity index (χ0n) is 10.4. The third kappa shape index (κ3) is 3.61.